The Bertz CT molecular complexity index is 1420. The van der Waals surface area contributed by atoms with Crippen molar-refractivity contribution in [2.24, 2.45) is 0 Å². The second-order valence-corrected chi connectivity index (χ2v) is 11.4. The molecule has 2 unspecified atom stereocenters. The summed E-state index contributed by atoms with van der Waals surface area (Å²) in [5.74, 6) is -57.7. The predicted octanol–water partition coefficient (Wildman–Crippen LogP) is 7.34. The molecule has 49 heavy (non-hydrogen) atoms. The van der Waals surface area contributed by atoms with Gasteiger partial charge < -0.3 is 13.9 Å². The van der Waals surface area contributed by atoms with Crippen molar-refractivity contribution in [1.82, 2.24) is 0 Å². The normalized spacial score (nSPS) is 16.1. The van der Waals surface area contributed by atoms with Gasteiger partial charge in [-0.25, -0.2) is 0 Å². The zero-order valence-corrected chi connectivity index (χ0v) is 27.5. The zero-order valence-electron chi connectivity index (χ0n) is 24.6. The summed E-state index contributed by atoms with van der Waals surface area (Å²) in [6.07, 6.45) is -8.65. The molecule has 0 saturated heterocycles. The van der Waals surface area contributed by atoms with Crippen molar-refractivity contribution in [2.75, 3.05) is 0 Å². The maximum Gasteiger partial charge on any atom is 1.00 e. The van der Waals surface area contributed by atoms with E-state index in [4.69, 9.17) is 9.05 Å². The van der Waals surface area contributed by atoms with Gasteiger partial charge >= 0.3 is 85.0 Å². The summed E-state index contributed by atoms with van der Waals surface area (Å²) >= 11 is 0. The number of hydrogen-bond donors (Lipinski definition) is 0. The molecular formula is C26H21F17NaO4P. The number of hydrogen-bond acceptors (Lipinski definition) is 4. The summed E-state index contributed by atoms with van der Waals surface area (Å²) in [5.41, 5.74) is -2.90. The Morgan fingerprint density at radius 3 is 1.49 bits per heavy atom. The summed E-state index contributed by atoms with van der Waals surface area (Å²) in [6, 6.07) is 6.71. The zero-order chi connectivity index (χ0) is 37.4. The maximum absolute atomic E-state index is 14.7. The molecule has 2 aromatic carbocycles. The smallest absolute Gasteiger partial charge is 0.746 e. The summed E-state index contributed by atoms with van der Waals surface area (Å²) in [6.45, 7) is 1.70. The molecule has 0 N–H and O–H groups in total. The fraction of sp³-hybridized carbons (Fsp3) is 0.538. The molecule has 274 valence electrons. The minimum atomic E-state index is -8.73. The van der Waals surface area contributed by atoms with Gasteiger partial charge in [-0.05, 0) is 24.1 Å². The molecule has 2 atom stereocenters. The largest absolute Gasteiger partial charge is 1.00 e. The maximum atomic E-state index is 14.7. The molecule has 23 heteroatoms. The first-order valence-corrected chi connectivity index (χ1v) is 14.5. The van der Waals surface area contributed by atoms with Crippen LogP contribution < -0.4 is 39.0 Å². The number of alkyl halides is 17. The molecule has 0 amide bonds. The van der Waals surface area contributed by atoms with Gasteiger partial charge in [0.1, 0.15) is 5.75 Å². The fourth-order valence-corrected chi connectivity index (χ4v) is 4.86. The van der Waals surface area contributed by atoms with E-state index >= 15 is 0 Å². The number of phosphoric acid groups is 1. The molecule has 0 spiro atoms. The molecule has 0 aromatic heterocycles. The number of unbranched alkanes of at least 4 members (excludes halogenated alkanes) is 2. The topological polar surface area (TPSA) is 58.6 Å². The molecule has 0 fully saturated rings. The molecule has 2 aromatic rings. The van der Waals surface area contributed by atoms with E-state index in [0.717, 1.165) is 0 Å². The van der Waals surface area contributed by atoms with E-state index in [1.807, 2.05) is 0 Å². The van der Waals surface area contributed by atoms with Crippen LogP contribution in [0.15, 0.2) is 54.6 Å². The Kier molecular flexibility index (Phi) is 13.9. The van der Waals surface area contributed by atoms with Crippen LogP contribution in [0.1, 0.15) is 49.8 Å². The molecule has 0 aliphatic carbocycles. The molecule has 0 aliphatic heterocycles. The molecule has 0 aliphatic rings. The van der Waals surface area contributed by atoms with Crippen LogP contribution >= 0.6 is 7.82 Å². The summed E-state index contributed by atoms with van der Waals surface area (Å²) in [5, 5.41) is 0. The van der Waals surface area contributed by atoms with Gasteiger partial charge in [-0.3, -0.25) is 4.57 Å². The molecule has 4 nitrogen and oxygen atoms in total. The van der Waals surface area contributed by atoms with E-state index in [-0.39, 0.29) is 60.3 Å². The van der Waals surface area contributed by atoms with Crippen molar-refractivity contribution in [3.8, 4) is 5.75 Å². The third-order valence-electron chi connectivity index (χ3n) is 6.65. The first kappa shape index (κ1) is 45.2. The third kappa shape index (κ3) is 8.31. The fourth-order valence-electron chi connectivity index (χ4n) is 3.90. The van der Waals surface area contributed by atoms with Crippen LogP contribution in [0, 0.1) is 0 Å². The van der Waals surface area contributed by atoms with E-state index < -0.39 is 72.7 Å². The van der Waals surface area contributed by atoms with Gasteiger partial charge in [0.25, 0.3) is 0 Å². The second-order valence-electron chi connectivity index (χ2n) is 10.1. The Hall–Kier alpha value is -1.80. The summed E-state index contributed by atoms with van der Waals surface area (Å²) in [7, 11) is -5.31. The van der Waals surface area contributed by atoms with E-state index in [1.165, 1.54) is 30.3 Å². The van der Waals surface area contributed by atoms with Crippen LogP contribution in [0.5, 0.6) is 5.75 Å². The van der Waals surface area contributed by atoms with Crippen molar-refractivity contribution >= 4 is 7.82 Å². The standard InChI is InChI=1S/C26H22F17O4P.Na/c1-2-3-5-10-18(47-48(44,45)46-17-8-6-4-7-9-17)15-11-13-16(14-12-15)19(27,28)20(29,30)21(31,32)22(33,34)23(35,36)24(37,38)25(39,40)26(41,42)43;/h4,6-9,11-14,18H,2-3,5,10H2,1H3,(H,44,45);/q;+1/p-1. The minimum Gasteiger partial charge on any atom is -0.746 e. The van der Waals surface area contributed by atoms with Crippen LogP contribution in [0.25, 0.3) is 0 Å². The van der Waals surface area contributed by atoms with E-state index in [1.54, 1.807) is 6.92 Å². The van der Waals surface area contributed by atoms with Crippen molar-refractivity contribution in [3.63, 3.8) is 0 Å². The first-order valence-electron chi connectivity index (χ1n) is 13.0. The Balaban J connectivity index is 0.0000120. The minimum absolute atomic E-state index is 0. The molecule has 0 saturated carbocycles. The van der Waals surface area contributed by atoms with Crippen molar-refractivity contribution in [2.45, 2.75) is 86.3 Å². The number of halogens is 17. The van der Waals surface area contributed by atoms with Gasteiger partial charge in [-0.1, -0.05) is 68.7 Å². The Morgan fingerprint density at radius 2 is 1.06 bits per heavy atom. The molecule has 2 rings (SSSR count). The monoisotopic (exact) mass is 774 g/mol. The van der Waals surface area contributed by atoms with Crippen molar-refractivity contribution < 1.29 is 123 Å². The van der Waals surface area contributed by atoms with Crippen LogP contribution in [0.3, 0.4) is 0 Å². The van der Waals surface area contributed by atoms with Crippen molar-refractivity contribution in [1.29, 1.82) is 0 Å². The quantitative estimate of drug-likeness (QED) is 0.0776. The average Bonchev–Trinajstić information content (AvgIpc) is 2.95. The van der Waals surface area contributed by atoms with Gasteiger partial charge in [-0.15, -0.1) is 0 Å². The van der Waals surface area contributed by atoms with E-state index in [9.17, 15) is 84.1 Å². The SMILES string of the molecule is CCCCCC(OP(=O)([O-])Oc1ccccc1)c1ccc(C(F)(F)C(F)(F)C(F)(F)C(F)(F)C(F)(F)C(F)(F)C(F)(F)C(F)(F)F)cc1.[Na+]. The average molecular weight is 774 g/mol. The van der Waals surface area contributed by atoms with E-state index in [0.29, 0.717) is 25.0 Å². The van der Waals surface area contributed by atoms with Gasteiger partial charge in [0, 0.05) is 5.56 Å². The van der Waals surface area contributed by atoms with Gasteiger partial charge in [0.05, 0.1) is 6.10 Å². The predicted molar refractivity (Wildman–Crippen MR) is 129 cm³/mol. The van der Waals surface area contributed by atoms with Gasteiger partial charge in [0.2, 0.25) is 0 Å². The van der Waals surface area contributed by atoms with Crippen LogP contribution in [0.2, 0.25) is 0 Å². The second kappa shape index (κ2) is 15.0. The summed E-state index contributed by atoms with van der Waals surface area (Å²) in [4.78, 5) is 12.4. The molecule has 0 radical (unpaired) electrons. The number of para-hydroxylation sites is 1. The molecular weight excluding hydrogens is 753 g/mol. The van der Waals surface area contributed by atoms with Crippen LogP contribution in [0.4, 0.5) is 74.6 Å². The number of phosphoric ester groups is 1. The van der Waals surface area contributed by atoms with Crippen LogP contribution in [-0.4, -0.2) is 41.7 Å². The van der Waals surface area contributed by atoms with Gasteiger partial charge in [0.15, 0.2) is 0 Å². The third-order valence-corrected chi connectivity index (χ3v) is 7.60. The summed E-state index contributed by atoms with van der Waals surface area (Å²) < 4.78 is 254. The van der Waals surface area contributed by atoms with Crippen LogP contribution in [-0.2, 0) is 15.0 Å². The number of benzene rings is 2. The molecule has 0 bridgehead atoms. The van der Waals surface area contributed by atoms with Crippen molar-refractivity contribution in [3.05, 3.63) is 65.7 Å². The Labute approximate surface area is 287 Å². The van der Waals surface area contributed by atoms with E-state index in [2.05, 4.69) is 0 Å². The first-order chi connectivity index (χ1) is 21.5. The van der Waals surface area contributed by atoms with Gasteiger partial charge in [-0.2, -0.15) is 74.6 Å². The number of rotatable bonds is 16. The Morgan fingerprint density at radius 1 is 0.633 bits per heavy atom. The molecule has 0 heterocycles.